The van der Waals surface area contributed by atoms with Crippen molar-refractivity contribution in [3.63, 3.8) is 0 Å². The molecule has 0 spiro atoms. The molecule has 0 aliphatic heterocycles. The molecule has 1 aromatic rings. The van der Waals surface area contributed by atoms with Crippen LogP contribution in [0.4, 0.5) is 13.2 Å². The summed E-state index contributed by atoms with van der Waals surface area (Å²) in [5, 5.41) is 12.2. The van der Waals surface area contributed by atoms with E-state index in [-0.39, 0.29) is 17.1 Å². The highest BCUT2D eigenvalue weighted by atomic mass is 35.5. The molecule has 1 unspecified atom stereocenters. The molecule has 2 N–H and O–H groups in total. The van der Waals surface area contributed by atoms with Gasteiger partial charge in [-0.2, -0.15) is 13.2 Å². The minimum absolute atomic E-state index is 0.00673. The summed E-state index contributed by atoms with van der Waals surface area (Å²) < 4.78 is 37.9. The van der Waals surface area contributed by atoms with Crippen molar-refractivity contribution < 1.29 is 18.3 Å². The highest BCUT2D eigenvalue weighted by Gasteiger charge is 2.35. The molecule has 0 amide bonds. The van der Waals surface area contributed by atoms with E-state index < -0.39 is 17.8 Å². The van der Waals surface area contributed by atoms with Gasteiger partial charge in [-0.1, -0.05) is 17.7 Å². The molecule has 0 saturated heterocycles. The maximum Gasteiger partial charge on any atom is 0.416 e. The zero-order valence-corrected chi connectivity index (χ0v) is 9.23. The van der Waals surface area contributed by atoms with Crippen LogP contribution in [0.5, 0.6) is 0 Å². The third-order valence-corrected chi connectivity index (χ3v) is 2.31. The predicted octanol–water partition coefficient (Wildman–Crippen LogP) is 2.61. The third-order valence-electron chi connectivity index (χ3n) is 2.08. The lowest BCUT2D eigenvalue weighted by atomic mass is 10.0. The van der Waals surface area contributed by atoms with Gasteiger partial charge >= 0.3 is 6.18 Å². The minimum Gasteiger partial charge on any atom is -0.387 e. The second kappa shape index (κ2) is 5.03. The molecule has 1 aromatic carbocycles. The first-order valence-electron chi connectivity index (χ1n) is 4.55. The summed E-state index contributed by atoms with van der Waals surface area (Å²) in [6.45, 7) is 0.0463. The van der Waals surface area contributed by atoms with Gasteiger partial charge in [0.05, 0.1) is 11.7 Å². The number of hydrogen-bond acceptors (Lipinski definition) is 2. The van der Waals surface area contributed by atoms with Gasteiger partial charge in [0, 0.05) is 11.6 Å². The van der Waals surface area contributed by atoms with Crippen molar-refractivity contribution in [3.8, 4) is 0 Å². The van der Waals surface area contributed by atoms with Crippen LogP contribution < -0.4 is 5.32 Å². The molecule has 0 saturated carbocycles. The molecule has 0 fully saturated rings. The lowest BCUT2D eigenvalue weighted by molar-refractivity contribution is -0.139. The molecule has 0 radical (unpaired) electrons. The molecule has 0 aliphatic carbocycles. The van der Waals surface area contributed by atoms with Crippen LogP contribution in [0.3, 0.4) is 0 Å². The molecule has 16 heavy (non-hydrogen) atoms. The van der Waals surface area contributed by atoms with Crippen molar-refractivity contribution in [3.05, 3.63) is 34.3 Å². The van der Waals surface area contributed by atoms with Gasteiger partial charge in [-0.15, -0.1) is 0 Å². The summed E-state index contributed by atoms with van der Waals surface area (Å²) in [6, 6.07) is 3.33. The van der Waals surface area contributed by atoms with Crippen molar-refractivity contribution in [2.45, 2.75) is 12.3 Å². The van der Waals surface area contributed by atoms with Gasteiger partial charge in [-0.25, -0.2) is 0 Å². The van der Waals surface area contributed by atoms with Crippen molar-refractivity contribution in [2.75, 3.05) is 13.6 Å². The average molecular weight is 254 g/mol. The fraction of sp³-hybridized carbons (Fsp3) is 0.400. The number of hydrogen-bond donors (Lipinski definition) is 2. The lowest BCUT2D eigenvalue weighted by Crippen LogP contribution is -2.20. The first-order chi connectivity index (χ1) is 7.36. The number of likely N-dealkylation sites (N-methyl/N-ethyl adjacent to an activating group) is 1. The van der Waals surface area contributed by atoms with Crippen molar-refractivity contribution >= 4 is 11.6 Å². The van der Waals surface area contributed by atoms with E-state index in [0.29, 0.717) is 0 Å². The Kier molecular flexibility index (Phi) is 4.18. The number of alkyl halides is 3. The van der Waals surface area contributed by atoms with E-state index in [9.17, 15) is 18.3 Å². The van der Waals surface area contributed by atoms with E-state index in [0.717, 1.165) is 6.07 Å². The fourth-order valence-corrected chi connectivity index (χ4v) is 1.54. The summed E-state index contributed by atoms with van der Waals surface area (Å²) >= 11 is 5.51. The van der Waals surface area contributed by atoms with Gasteiger partial charge in [-0.05, 0) is 24.7 Å². The summed E-state index contributed by atoms with van der Waals surface area (Å²) in [5.74, 6) is 0. The Morgan fingerprint density at radius 3 is 2.56 bits per heavy atom. The fourth-order valence-electron chi connectivity index (χ4n) is 1.37. The lowest BCUT2D eigenvalue weighted by Gasteiger charge is -2.17. The Labute approximate surface area is 96.0 Å². The number of aliphatic hydroxyl groups is 1. The van der Waals surface area contributed by atoms with E-state index in [1.807, 2.05) is 0 Å². The molecular weight excluding hydrogens is 243 g/mol. The molecular formula is C10H11ClF3NO. The summed E-state index contributed by atoms with van der Waals surface area (Å²) in [7, 11) is 1.55. The molecule has 0 aliphatic rings. The Morgan fingerprint density at radius 2 is 2.06 bits per heavy atom. The Balaban J connectivity index is 3.18. The largest absolute Gasteiger partial charge is 0.416 e. The maximum atomic E-state index is 12.6. The van der Waals surface area contributed by atoms with Crippen LogP contribution in [0.15, 0.2) is 18.2 Å². The van der Waals surface area contributed by atoms with Crippen LogP contribution in [0.1, 0.15) is 17.2 Å². The van der Waals surface area contributed by atoms with Crippen LogP contribution in [0, 0.1) is 0 Å². The molecule has 90 valence electrons. The molecule has 1 atom stereocenters. The minimum atomic E-state index is -4.52. The Hall–Kier alpha value is -0.780. The third kappa shape index (κ3) is 3.10. The van der Waals surface area contributed by atoms with Crippen LogP contribution in [-0.2, 0) is 6.18 Å². The highest BCUT2D eigenvalue weighted by molar-refractivity contribution is 6.30. The monoisotopic (exact) mass is 253 g/mol. The zero-order chi connectivity index (χ0) is 12.3. The number of benzene rings is 1. The summed E-state index contributed by atoms with van der Waals surface area (Å²) in [6.07, 6.45) is -5.73. The Bertz CT molecular complexity index is 368. The summed E-state index contributed by atoms with van der Waals surface area (Å²) in [5.41, 5.74) is -1.07. The van der Waals surface area contributed by atoms with Gasteiger partial charge in [0.25, 0.3) is 0 Å². The number of rotatable bonds is 3. The smallest absolute Gasteiger partial charge is 0.387 e. The molecule has 0 bridgehead atoms. The summed E-state index contributed by atoms with van der Waals surface area (Å²) in [4.78, 5) is 0. The highest BCUT2D eigenvalue weighted by Crippen LogP contribution is 2.36. The molecule has 0 aromatic heterocycles. The van der Waals surface area contributed by atoms with Crippen LogP contribution in [0.2, 0.25) is 5.02 Å². The number of halogens is 4. The van der Waals surface area contributed by atoms with E-state index in [1.165, 1.54) is 12.1 Å². The zero-order valence-electron chi connectivity index (χ0n) is 8.48. The molecule has 2 nitrogen and oxygen atoms in total. The first-order valence-corrected chi connectivity index (χ1v) is 4.93. The average Bonchev–Trinajstić information content (AvgIpc) is 2.16. The van der Waals surface area contributed by atoms with Gasteiger partial charge in [0.1, 0.15) is 0 Å². The second-order valence-electron chi connectivity index (χ2n) is 3.30. The number of aliphatic hydroxyl groups excluding tert-OH is 1. The van der Waals surface area contributed by atoms with E-state index in [1.54, 1.807) is 7.05 Å². The quantitative estimate of drug-likeness (QED) is 0.868. The van der Waals surface area contributed by atoms with Gasteiger partial charge in [0.2, 0.25) is 0 Å². The molecule has 0 heterocycles. The second-order valence-corrected chi connectivity index (χ2v) is 3.74. The van der Waals surface area contributed by atoms with Gasteiger partial charge in [-0.3, -0.25) is 0 Å². The standard InChI is InChI=1S/C10H11ClF3NO/c1-15-5-9(16)7-3-2-6(11)4-8(7)10(12,13)14/h2-4,9,15-16H,5H2,1H3. The predicted molar refractivity (Wildman–Crippen MR) is 55.3 cm³/mol. The maximum absolute atomic E-state index is 12.6. The number of nitrogens with one attached hydrogen (secondary N) is 1. The SMILES string of the molecule is CNCC(O)c1ccc(Cl)cc1C(F)(F)F. The topological polar surface area (TPSA) is 32.3 Å². The first kappa shape index (κ1) is 13.3. The van der Waals surface area contributed by atoms with Crippen molar-refractivity contribution in [2.24, 2.45) is 0 Å². The van der Waals surface area contributed by atoms with Crippen LogP contribution in [0.25, 0.3) is 0 Å². The normalized spacial score (nSPS) is 13.9. The van der Waals surface area contributed by atoms with E-state index in [2.05, 4.69) is 5.32 Å². The Morgan fingerprint density at radius 1 is 1.44 bits per heavy atom. The van der Waals surface area contributed by atoms with Crippen LogP contribution in [-0.4, -0.2) is 18.7 Å². The van der Waals surface area contributed by atoms with E-state index >= 15 is 0 Å². The van der Waals surface area contributed by atoms with E-state index in [4.69, 9.17) is 11.6 Å². The molecule has 1 rings (SSSR count). The van der Waals surface area contributed by atoms with Crippen molar-refractivity contribution in [1.29, 1.82) is 0 Å². The molecule has 6 heteroatoms. The van der Waals surface area contributed by atoms with Gasteiger partial charge in [0.15, 0.2) is 0 Å². The van der Waals surface area contributed by atoms with Crippen molar-refractivity contribution in [1.82, 2.24) is 5.32 Å². The van der Waals surface area contributed by atoms with Crippen LogP contribution >= 0.6 is 11.6 Å². The van der Waals surface area contributed by atoms with Gasteiger partial charge < -0.3 is 10.4 Å².